The Hall–Kier alpha value is -4.45. The molecule has 0 bridgehead atoms. The predicted molar refractivity (Wildman–Crippen MR) is 173 cm³/mol. The molecule has 0 spiro atoms. The first-order valence-corrected chi connectivity index (χ1v) is 15.9. The Morgan fingerprint density at radius 2 is 1.76 bits per heavy atom. The minimum absolute atomic E-state index is 0.0727. The molecule has 0 N–H and O–H groups in total. The second-order valence-electron chi connectivity index (χ2n) is 11.6. The van der Waals surface area contributed by atoms with Crippen molar-refractivity contribution in [3.8, 4) is 22.8 Å². The van der Waals surface area contributed by atoms with Gasteiger partial charge in [0.1, 0.15) is 12.1 Å². The number of aliphatic imine (C=N–C) groups is 1. The molecule has 4 aromatic rings. The van der Waals surface area contributed by atoms with Crippen LogP contribution in [0.15, 0.2) is 78.0 Å². The van der Waals surface area contributed by atoms with E-state index >= 15 is 0 Å². The normalized spacial score (nSPS) is 15.2. The highest BCUT2D eigenvalue weighted by Crippen LogP contribution is 2.35. The lowest BCUT2D eigenvalue weighted by Crippen LogP contribution is -2.31. The highest BCUT2D eigenvalue weighted by molar-refractivity contribution is 8.15. The summed E-state index contributed by atoms with van der Waals surface area (Å²) in [5.74, 6) is 0.537. The zero-order chi connectivity index (χ0) is 33.0. The van der Waals surface area contributed by atoms with Crippen LogP contribution in [-0.4, -0.2) is 43.9 Å². The van der Waals surface area contributed by atoms with Crippen molar-refractivity contribution in [1.82, 2.24) is 14.8 Å². The lowest BCUT2D eigenvalue weighted by molar-refractivity contribution is -0.274. The van der Waals surface area contributed by atoms with Gasteiger partial charge in [0.15, 0.2) is 11.0 Å². The molecule has 1 aliphatic rings. The second-order valence-corrected chi connectivity index (χ2v) is 12.5. The van der Waals surface area contributed by atoms with Crippen LogP contribution in [-0.2, 0) is 16.0 Å². The van der Waals surface area contributed by atoms with E-state index in [9.17, 15) is 22.8 Å². The van der Waals surface area contributed by atoms with Crippen LogP contribution >= 0.6 is 11.8 Å². The van der Waals surface area contributed by atoms with E-state index in [2.05, 4.69) is 40.6 Å². The molecule has 0 radical (unpaired) electrons. The molecule has 46 heavy (non-hydrogen) atoms. The van der Waals surface area contributed by atoms with E-state index in [1.165, 1.54) is 47.0 Å². The molecule has 12 heteroatoms. The summed E-state index contributed by atoms with van der Waals surface area (Å²) in [7, 11) is 0. The van der Waals surface area contributed by atoms with E-state index in [4.69, 9.17) is 0 Å². The summed E-state index contributed by atoms with van der Waals surface area (Å²) in [6.07, 6.45) is -1.57. The molecule has 1 unspecified atom stereocenters. The van der Waals surface area contributed by atoms with Crippen molar-refractivity contribution < 1.29 is 27.5 Å². The smallest absolute Gasteiger partial charge is 0.406 e. The minimum atomic E-state index is -4.75. The Labute approximate surface area is 269 Å². The van der Waals surface area contributed by atoms with Crippen LogP contribution < -0.4 is 9.64 Å². The molecular weight excluding hydrogens is 615 g/mol. The number of aromatic nitrogens is 3. The summed E-state index contributed by atoms with van der Waals surface area (Å²) in [6.45, 7) is 8.30. The van der Waals surface area contributed by atoms with Gasteiger partial charge in [0, 0.05) is 12.0 Å². The number of amidine groups is 1. The molecule has 1 aromatic heterocycles. The van der Waals surface area contributed by atoms with Crippen molar-refractivity contribution in [2.24, 2.45) is 10.9 Å². The number of benzene rings is 3. The predicted octanol–water partition coefficient (Wildman–Crippen LogP) is 7.89. The number of alkyl halides is 3. The van der Waals surface area contributed by atoms with Crippen LogP contribution in [0, 0.1) is 12.8 Å². The molecule has 0 aliphatic carbocycles. The molecule has 0 saturated carbocycles. The molecule has 8 nitrogen and oxygen atoms in total. The highest BCUT2D eigenvalue weighted by atomic mass is 32.2. The number of carbonyl (C=O) groups excluding carboxylic acids is 2. The van der Waals surface area contributed by atoms with E-state index < -0.39 is 6.36 Å². The molecular formula is C34H34F3N5O3S. The summed E-state index contributed by atoms with van der Waals surface area (Å²) < 4.78 is 42.7. The Balaban J connectivity index is 1.16. The first-order valence-electron chi connectivity index (χ1n) is 14.9. The number of rotatable bonds is 10. The van der Waals surface area contributed by atoms with Crippen LogP contribution in [0.1, 0.15) is 56.2 Å². The van der Waals surface area contributed by atoms with Crippen molar-refractivity contribution in [3.63, 3.8) is 0 Å². The van der Waals surface area contributed by atoms with Gasteiger partial charge in [0.2, 0.25) is 11.8 Å². The maximum Gasteiger partial charge on any atom is 0.573 e. The number of anilines is 1. The number of halogens is 3. The molecule has 240 valence electrons. The molecule has 1 fully saturated rings. The van der Waals surface area contributed by atoms with E-state index in [1.807, 2.05) is 49.4 Å². The van der Waals surface area contributed by atoms with Gasteiger partial charge >= 0.3 is 6.36 Å². The van der Waals surface area contributed by atoms with E-state index in [0.29, 0.717) is 23.1 Å². The number of nitrogens with zero attached hydrogens (tertiary/aromatic N) is 5. The summed E-state index contributed by atoms with van der Waals surface area (Å²) in [4.78, 5) is 36.0. The van der Waals surface area contributed by atoms with Gasteiger partial charge in [-0.3, -0.25) is 14.5 Å². The molecule has 2 heterocycles. The summed E-state index contributed by atoms with van der Waals surface area (Å²) in [5.41, 5.74) is 5.40. The lowest BCUT2D eigenvalue weighted by Gasteiger charge is -2.23. The third-order valence-corrected chi connectivity index (χ3v) is 8.50. The monoisotopic (exact) mass is 649 g/mol. The first kappa shape index (κ1) is 32.9. The average molecular weight is 650 g/mol. The van der Waals surface area contributed by atoms with Gasteiger partial charge in [-0.25, -0.2) is 9.67 Å². The Morgan fingerprint density at radius 3 is 2.43 bits per heavy atom. The maximum absolute atomic E-state index is 12.9. The topological polar surface area (TPSA) is 89.7 Å². The quantitative estimate of drug-likeness (QED) is 0.174. The molecule has 2 amide bonds. The third-order valence-electron chi connectivity index (χ3n) is 7.58. The maximum atomic E-state index is 12.9. The number of ether oxygens (including phenoxy) is 1. The van der Waals surface area contributed by atoms with Crippen LogP contribution in [0.2, 0.25) is 0 Å². The SMILES string of the molecule is Cc1cccc(N2C(=O)CSC2=NC(=O)CCC(C)Cc2ccc(-c3ncn(-c4ccc(OC(F)(F)F)cc4)n3)cc2)c1C(C)C. The Kier molecular flexibility index (Phi) is 9.95. The minimum Gasteiger partial charge on any atom is -0.406 e. The fourth-order valence-corrected chi connectivity index (χ4v) is 6.32. The van der Waals surface area contributed by atoms with Crippen molar-refractivity contribution in [2.75, 3.05) is 10.7 Å². The number of carbonyl (C=O) groups is 2. The van der Waals surface area contributed by atoms with Crippen LogP contribution in [0.4, 0.5) is 18.9 Å². The van der Waals surface area contributed by atoms with Crippen LogP contribution in [0.5, 0.6) is 5.75 Å². The number of hydrogen-bond acceptors (Lipinski definition) is 6. The fraction of sp³-hybridized carbons (Fsp3) is 0.324. The van der Waals surface area contributed by atoms with Gasteiger partial charge in [-0.05, 0) is 78.6 Å². The largest absolute Gasteiger partial charge is 0.573 e. The average Bonchev–Trinajstić information content (AvgIpc) is 3.63. The number of amides is 2. The second kappa shape index (κ2) is 13.9. The van der Waals surface area contributed by atoms with E-state index in [1.54, 1.807) is 4.90 Å². The zero-order valence-corrected chi connectivity index (χ0v) is 26.7. The Bertz CT molecular complexity index is 1730. The summed E-state index contributed by atoms with van der Waals surface area (Å²) in [5, 5.41) is 4.89. The molecule has 1 aliphatic heterocycles. The van der Waals surface area contributed by atoms with Gasteiger partial charge in [-0.1, -0.05) is 68.9 Å². The standard InChI is InChI=1S/C34H34F3N5O3S/c1-21(2)31-23(4)6-5-7-28(31)42-30(44)19-46-33(42)39-29(43)17-8-22(3)18-24-9-11-25(12-10-24)32-38-20-41(40-32)26-13-15-27(16-14-26)45-34(35,36)37/h5-7,9-16,20-22H,8,17-19H2,1-4H3. The first-order chi connectivity index (χ1) is 21.9. The van der Waals surface area contributed by atoms with Crippen molar-refractivity contribution in [2.45, 2.75) is 59.2 Å². The number of aryl methyl sites for hydroxylation is 1. The Morgan fingerprint density at radius 1 is 1.04 bits per heavy atom. The van der Waals surface area contributed by atoms with Gasteiger partial charge in [0.05, 0.1) is 17.1 Å². The van der Waals surface area contributed by atoms with E-state index in [0.717, 1.165) is 34.4 Å². The summed E-state index contributed by atoms with van der Waals surface area (Å²) in [6, 6.07) is 19.1. The molecule has 5 rings (SSSR count). The number of thioether (sulfide) groups is 1. The highest BCUT2D eigenvalue weighted by Gasteiger charge is 2.33. The third kappa shape index (κ3) is 8.03. The van der Waals surface area contributed by atoms with Crippen LogP contribution in [0.25, 0.3) is 17.1 Å². The number of hydrogen-bond donors (Lipinski definition) is 0. The van der Waals surface area contributed by atoms with E-state index in [-0.39, 0.29) is 41.6 Å². The van der Waals surface area contributed by atoms with Crippen molar-refractivity contribution >= 4 is 34.4 Å². The van der Waals surface area contributed by atoms with Gasteiger partial charge < -0.3 is 4.74 Å². The van der Waals surface area contributed by atoms with Gasteiger partial charge in [-0.15, -0.1) is 18.3 Å². The van der Waals surface area contributed by atoms with Crippen molar-refractivity contribution in [3.05, 3.63) is 89.7 Å². The zero-order valence-electron chi connectivity index (χ0n) is 25.9. The van der Waals surface area contributed by atoms with Crippen molar-refractivity contribution in [1.29, 1.82) is 0 Å². The fourth-order valence-electron chi connectivity index (χ4n) is 5.44. The lowest BCUT2D eigenvalue weighted by atomic mass is 9.95. The van der Waals surface area contributed by atoms with Crippen LogP contribution in [0.3, 0.4) is 0 Å². The van der Waals surface area contributed by atoms with Gasteiger partial charge in [0.25, 0.3) is 0 Å². The molecule has 3 aromatic carbocycles. The van der Waals surface area contributed by atoms with Gasteiger partial charge in [-0.2, -0.15) is 4.99 Å². The summed E-state index contributed by atoms with van der Waals surface area (Å²) >= 11 is 1.30. The molecule has 1 atom stereocenters. The molecule has 1 saturated heterocycles.